The molecule has 3 aromatic heterocycles. The number of aryl methyl sites for hydroxylation is 1. The topological polar surface area (TPSA) is 80.6 Å². The molecule has 27 heavy (non-hydrogen) atoms. The summed E-state index contributed by atoms with van der Waals surface area (Å²) >= 11 is 1.22. The highest BCUT2D eigenvalue weighted by Crippen LogP contribution is 2.21. The van der Waals surface area contributed by atoms with Crippen molar-refractivity contribution in [3.05, 3.63) is 82.5 Å². The Hall–Kier alpha value is -3.19. The number of Topliss-reactive ketones (excluding diaryl/α,β-unsaturated/α-hetero) is 1. The molecule has 6 nitrogen and oxygen atoms in total. The van der Waals surface area contributed by atoms with Gasteiger partial charge in [0.15, 0.2) is 10.9 Å². The van der Waals surface area contributed by atoms with E-state index in [2.05, 4.69) is 15.0 Å². The van der Waals surface area contributed by atoms with Crippen molar-refractivity contribution in [1.29, 1.82) is 0 Å². The SMILES string of the molecule is Cc1ccc(-n2c(SCC(=O)c3ccc[nH]3)nc3ccccc3c2=O)nc1. The summed E-state index contributed by atoms with van der Waals surface area (Å²) in [5.74, 6) is 0.589. The summed E-state index contributed by atoms with van der Waals surface area (Å²) in [5.41, 5.74) is 1.93. The number of H-pyrrole nitrogens is 1. The third-order valence-corrected chi connectivity index (χ3v) is 5.04. The highest BCUT2D eigenvalue weighted by atomic mass is 32.2. The molecule has 0 bridgehead atoms. The number of benzene rings is 1. The lowest BCUT2D eigenvalue weighted by Gasteiger charge is -2.12. The lowest BCUT2D eigenvalue weighted by Crippen LogP contribution is -2.23. The number of thioether (sulfide) groups is 1. The molecule has 0 aliphatic heterocycles. The molecule has 134 valence electrons. The van der Waals surface area contributed by atoms with Crippen molar-refractivity contribution in [2.45, 2.75) is 12.1 Å². The van der Waals surface area contributed by atoms with Gasteiger partial charge in [0, 0.05) is 12.4 Å². The molecule has 0 aliphatic rings. The van der Waals surface area contributed by atoms with Crippen molar-refractivity contribution in [2.24, 2.45) is 0 Å². The Morgan fingerprint density at radius 3 is 2.74 bits per heavy atom. The van der Waals surface area contributed by atoms with Crippen molar-refractivity contribution in [3.63, 3.8) is 0 Å². The Balaban J connectivity index is 1.80. The van der Waals surface area contributed by atoms with Gasteiger partial charge < -0.3 is 4.98 Å². The number of aromatic nitrogens is 4. The van der Waals surface area contributed by atoms with Crippen LogP contribution in [-0.2, 0) is 0 Å². The number of hydrogen-bond acceptors (Lipinski definition) is 5. The number of ketones is 1. The fraction of sp³-hybridized carbons (Fsp3) is 0.100. The van der Waals surface area contributed by atoms with Gasteiger partial charge in [-0.2, -0.15) is 0 Å². The minimum Gasteiger partial charge on any atom is -0.359 e. The first-order valence-electron chi connectivity index (χ1n) is 8.38. The Labute approximate surface area is 159 Å². The second-order valence-corrected chi connectivity index (χ2v) is 6.98. The highest BCUT2D eigenvalue weighted by Gasteiger charge is 2.16. The van der Waals surface area contributed by atoms with Gasteiger partial charge in [-0.15, -0.1) is 0 Å². The van der Waals surface area contributed by atoms with Crippen LogP contribution in [0, 0.1) is 6.92 Å². The van der Waals surface area contributed by atoms with Crippen LogP contribution in [0.5, 0.6) is 0 Å². The molecule has 0 saturated heterocycles. The average molecular weight is 376 g/mol. The van der Waals surface area contributed by atoms with E-state index >= 15 is 0 Å². The molecule has 1 N–H and O–H groups in total. The summed E-state index contributed by atoms with van der Waals surface area (Å²) in [5, 5.41) is 0.954. The lowest BCUT2D eigenvalue weighted by molar-refractivity contribution is 0.101. The smallest absolute Gasteiger partial charge is 0.267 e. The van der Waals surface area contributed by atoms with E-state index in [0.29, 0.717) is 27.6 Å². The minimum atomic E-state index is -0.202. The molecule has 4 aromatic rings. The zero-order valence-electron chi connectivity index (χ0n) is 14.5. The quantitative estimate of drug-likeness (QED) is 0.328. The number of pyridine rings is 1. The maximum absolute atomic E-state index is 13.1. The largest absolute Gasteiger partial charge is 0.359 e. The fourth-order valence-corrected chi connectivity index (χ4v) is 3.60. The van der Waals surface area contributed by atoms with E-state index in [-0.39, 0.29) is 17.1 Å². The number of para-hydroxylation sites is 1. The van der Waals surface area contributed by atoms with Gasteiger partial charge in [0.25, 0.3) is 5.56 Å². The van der Waals surface area contributed by atoms with Crippen LogP contribution in [-0.4, -0.2) is 31.1 Å². The molecule has 0 fully saturated rings. The minimum absolute atomic E-state index is 0.0594. The Bertz CT molecular complexity index is 1170. The van der Waals surface area contributed by atoms with E-state index in [1.807, 2.05) is 19.1 Å². The van der Waals surface area contributed by atoms with Crippen LogP contribution in [0.2, 0.25) is 0 Å². The Kier molecular flexibility index (Phi) is 4.60. The van der Waals surface area contributed by atoms with E-state index in [1.54, 1.807) is 48.8 Å². The number of hydrogen-bond donors (Lipinski definition) is 1. The number of carbonyl (C=O) groups excluding carboxylic acids is 1. The molecule has 0 saturated carbocycles. The van der Waals surface area contributed by atoms with E-state index in [0.717, 1.165) is 5.56 Å². The van der Waals surface area contributed by atoms with Crippen LogP contribution in [0.15, 0.2) is 70.9 Å². The van der Waals surface area contributed by atoms with Gasteiger partial charge in [0.05, 0.1) is 22.3 Å². The number of aromatic amines is 1. The zero-order valence-corrected chi connectivity index (χ0v) is 15.4. The van der Waals surface area contributed by atoms with Gasteiger partial charge in [-0.25, -0.2) is 14.5 Å². The normalized spacial score (nSPS) is 11.0. The summed E-state index contributed by atoms with van der Waals surface area (Å²) < 4.78 is 1.47. The molecule has 7 heteroatoms. The first-order valence-corrected chi connectivity index (χ1v) is 9.36. The summed E-state index contributed by atoms with van der Waals surface area (Å²) in [6.45, 7) is 1.93. The summed E-state index contributed by atoms with van der Waals surface area (Å²) in [6.07, 6.45) is 3.41. The van der Waals surface area contributed by atoms with Crippen LogP contribution >= 0.6 is 11.8 Å². The van der Waals surface area contributed by atoms with Crippen LogP contribution in [0.1, 0.15) is 16.1 Å². The van der Waals surface area contributed by atoms with Gasteiger partial charge in [0.1, 0.15) is 5.82 Å². The van der Waals surface area contributed by atoms with E-state index in [1.165, 1.54) is 16.3 Å². The molecule has 0 radical (unpaired) electrons. The first-order chi connectivity index (χ1) is 13.1. The molecule has 3 heterocycles. The Morgan fingerprint density at radius 2 is 2.00 bits per heavy atom. The van der Waals surface area contributed by atoms with Crippen molar-refractivity contribution in [3.8, 4) is 5.82 Å². The molecular formula is C20H16N4O2S. The van der Waals surface area contributed by atoms with Crippen LogP contribution in [0.3, 0.4) is 0 Å². The number of fused-ring (bicyclic) bond motifs is 1. The predicted octanol–water partition coefficient (Wildman–Crippen LogP) is 3.39. The fourth-order valence-electron chi connectivity index (χ4n) is 2.72. The van der Waals surface area contributed by atoms with E-state index in [9.17, 15) is 9.59 Å². The predicted molar refractivity (Wildman–Crippen MR) is 106 cm³/mol. The van der Waals surface area contributed by atoms with Crippen molar-refractivity contribution in [2.75, 3.05) is 5.75 Å². The van der Waals surface area contributed by atoms with Crippen LogP contribution in [0.25, 0.3) is 16.7 Å². The summed E-state index contributed by atoms with van der Waals surface area (Å²) in [6, 6.07) is 14.4. The Morgan fingerprint density at radius 1 is 1.15 bits per heavy atom. The number of nitrogens with zero attached hydrogens (tertiary/aromatic N) is 3. The number of carbonyl (C=O) groups is 1. The molecule has 0 spiro atoms. The third-order valence-electron chi connectivity index (χ3n) is 4.10. The molecule has 0 unspecified atom stereocenters. The van der Waals surface area contributed by atoms with Gasteiger partial charge in [-0.05, 0) is 42.8 Å². The van der Waals surface area contributed by atoms with Crippen LogP contribution < -0.4 is 5.56 Å². The van der Waals surface area contributed by atoms with Crippen molar-refractivity contribution in [1.82, 2.24) is 19.5 Å². The standard InChI is InChI=1S/C20H16N4O2S/c1-13-8-9-18(22-11-13)24-19(26)14-5-2-3-6-15(14)23-20(24)27-12-17(25)16-7-4-10-21-16/h2-11,21H,12H2,1H3. The average Bonchev–Trinajstić information content (AvgIpc) is 3.22. The maximum Gasteiger partial charge on any atom is 0.267 e. The van der Waals surface area contributed by atoms with E-state index in [4.69, 9.17) is 0 Å². The molecular weight excluding hydrogens is 360 g/mol. The zero-order chi connectivity index (χ0) is 18.8. The van der Waals surface area contributed by atoms with Crippen molar-refractivity contribution >= 4 is 28.4 Å². The van der Waals surface area contributed by atoms with Gasteiger partial charge in [0.2, 0.25) is 0 Å². The molecule has 0 amide bonds. The lowest BCUT2D eigenvalue weighted by atomic mass is 10.2. The van der Waals surface area contributed by atoms with Crippen LogP contribution in [0.4, 0.5) is 0 Å². The monoisotopic (exact) mass is 376 g/mol. The number of nitrogens with one attached hydrogen (secondary N) is 1. The van der Waals surface area contributed by atoms with Gasteiger partial charge >= 0.3 is 0 Å². The maximum atomic E-state index is 13.1. The van der Waals surface area contributed by atoms with Crippen molar-refractivity contribution < 1.29 is 4.79 Å². The molecule has 4 rings (SSSR count). The van der Waals surface area contributed by atoms with E-state index < -0.39 is 0 Å². The first kappa shape index (κ1) is 17.2. The van der Waals surface area contributed by atoms with Gasteiger partial charge in [-0.3, -0.25) is 9.59 Å². The summed E-state index contributed by atoms with van der Waals surface area (Å²) in [4.78, 5) is 37.3. The second-order valence-electron chi connectivity index (χ2n) is 6.04. The summed E-state index contributed by atoms with van der Waals surface area (Å²) in [7, 11) is 0. The molecule has 1 aromatic carbocycles. The number of rotatable bonds is 5. The van der Waals surface area contributed by atoms with Gasteiger partial charge in [-0.1, -0.05) is 30.0 Å². The molecule has 0 aliphatic carbocycles. The molecule has 0 atom stereocenters. The second kappa shape index (κ2) is 7.20. The third kappa shape index (κ3) is 3.41. The highest BCUT2D eigenvalue weighted by molar-refractivity contribution is 7.99.